The summed E-state index contributed by atoms with van der Waals surface area (Å²) in [6.07, 6.45) is -4.86. The maximum Gasteiger partial charge on any atom is 0.456 e. The number of Topliss-reactive ketones (excluding diaryl/α,β-unsaturated/α-hetero) is 1. The summed E-state index contributed by atoms with van der Waals surface area (Å²) in [5.41, 5.74) is -3.67. The first-order chi connectivity index (χ1) is 19.8. The van der Waals surface area contributed by atoms with E-state index in [4.69, 9.17) is 9.47 Å². The first-order valence-corrected chi connectivity index (χ1v) is 15.3. The van der Waals surface area contributed by atoms with Crippen molar-refractivity contribution < 1.29 is 46.4 Å². The van der Waals surface area contributed by atoms with Gasteiger partial charge in [-0.1, -0.05) is 50.6 Å². The van der Waals surface area contributed by atoms with Crippen LogP contribution in [0.5, 0.6) is 0 Å². The monoisotopic (exact) mass is 612 g/mol. The van der Waals surface area contributed by atoms with Gasteiger partial charge in [-0.3, -0.25) is 4.79 Å². The molecule has 0 aromatic heterocycles. The highest BCUT2D eigenvalue weighted by Gasteiger charge is 2.79. The number of hydrogen-bond donors (Lipinski definition) is 2. The van der Waals surface area contributed by atoms with Crippen molar-refractivity contribution >= 4 is 5.78 Å². The van der Waals surface area contributed by atoms with Crippen molar-refractivity contribution in [1.82, 2.24) is 0 Å². The molecule has 5 aliphatic rings. The molecule has 5 nitrogen and oxygen atoms in total. The first-order valence-electron chi connectivity index (χ1n) is 15.3. The minimum atomic E-state index is -5.91. The normalized spacial score (nSPS) is 38.8. The average molecular weight is 613 g/mol. The van der Waals surface area contributed by atoms with E-state index in [1.165, 1.54) is 13.8 Å². The number of carbonyl (C=O) groups is 1. The maximum absolute atomic E-state index is 15.2. The van der Waals surface area contributed by atoms with E-state index in [0.29, 0.717) is 50.0 Å². The second kappa shape index (κ2) is 9.56. The zero-order chi connectivity index (χ0) is 31.4. The molecule has 1 aromatic rings. The first kappa shape index (κ1) is 31.1. The van der Waals surface area contributed by atoms with Crippen LogP contribution in [0.15, 0.2) is 35.4 Å². The van der Waals surface area contributed by atoms with Gasteiger partial charge in [-0.2, -0.15) is 22.0 Å². The lowest BCUT2D eigenvalue weighted by molar-refractivity contribution is -0.362. The van der Waals surface area contributed by atoms with E-state index in [-0.39, 0.29) is 36.4 Å². The Labute approximate surface area is 248 Å². The Kier molecular flexibility index (Phi) is 6.92. The SMILES string of the molecule is CC(=O)c1ccc([C@H]2C[C@@]3(C)[C@@H](CC[C@@]3(O)C(F)(F)C(F)(F)F)[C@@H]3CC[C@@]4(O)CC5(CCC4=C32)OCC(C)(C)CO5)cc1. The number of benzene rings is 1. The Morgan fingerprint density at radius 2 is 1.56 bits per heavy atom. The quantitative estimate of drug-likeness (QED) is 0.216. The Hall–Kier alpha value is -1.88. The number of carbonyl (C=O) groups excluding carboxylic acids is 1. The summed E-state index contributed by atoms with van der Waals surface area (Å²) in [5.74, 6) is -8.02. The molecule has 6 atom stereocenters. The van der Waals surface area contributed by atoms with Crippen LogP contribution in [0.25, 0.3) is 0 Å². The van der Waals surface area contributed by atoms with E-state index in [1.54, 1.807) is 24.3 Å². The molecule has 238 valence electrons. The number of hydrogen-bond acceptors (Lipinski definition) is 5. The molecule has 0 unspecified atom stereocenters. The fourth-order valence-electron chi connectivity index (χ4n) is 9.26. The molecule has 1 aliphatic heterocycles. The molecule has 0 radical (unpaired) electrons. The number of fused-ring (bicyclic) bond motifs is 4. The lowest BCUT2D eigenvalue weighted by Gasteiger charge is -2.59. The van der Waals surface area contributed by atoms with Crippen molar-refractivity contribution in [3.05, 3.63) is 46.5 Å². The molecule has 6 rings (SSSR count). The van der Waals surface area contributed by atoms with E-state index in [0.717, 1.165) is 11.1 Å². The minimum Gasteiger partial charge on any atom is -0.385 e. The second-order valence-electron chi connectivity index (χ2n) is 14.9. The molecular formula is C33H41F5O5. The van der Waals surface area contributed by atoms with Crippen LogP contribution < -0.4 is 0 Å². The molecule has 43 heavy (non-hydrogen) atoms. The van der Waals surface area contributed by atoms with Crippen LogP contribution >= 0.6 is 0 Å². The Morgan fingerprint density at radius 1 is 0.930 bits per heavy atom. The maximum atomic E-state index is 15.2. The molecule has 1 saturated heterocycles. The van der Waals surface area contributed by atoms with Crippen molar-refractivity contribution in [2.75, 3.05) is 13.2 Å². The van der Waals surface area contributed by atoms with Crippen molar-refractivity contribution in [3.63, 3.8) is 0 Å². The summed E-state index contributed by atoms with van der Waals surface area (Å²) in [7, 11) is 0. The van der Waals surface area contributed by atoms with Gasteiger partial charge in [-0.25, -0.2) is 0 Å². The number of allylic oxidation sites excluding steroid dienone is 1. The van der Waals surface area contributed by atoms with Crippen LogP contribution in [-0.4, -0.2) is 58.3 Å². The van der Waals surface area contributed by atoms with Crippen LogP contribution in [0.2, 0.25) is 0 Å². The number of rotatable bonds is 3. The van der Waals surface area contributed by atoms with Crippen molar-refractivity contribution in [3.8, 4) is 0 Å². The molecule has 10 heteroatoms. The zero-order valence-corrected chi connectivity index (χ0v) is 25.1. The van der Waals surface area contributed by atoms with Crippen LogP contribution in [0.4, 0.5) is 22.0 Å². The van der Waals surface area contributed by atoms with Crippen molar-refractivity contribution in [2.24, 2.45) is 22.7 Å². The molecule has 2 N–H and O–H groups in total. The summed E-state index contributed by atoms with van der Waals surface area (Å²) in [6, 6.07) is 6.71. The predicted molar refractivity (Wildman–Crippen MR) is 148 cm³/mol. The van der Waals surface area contributed by atoms with E-state index < -0.39 is 52.8 Å². The van der Waals surface area contributed by atoms with Gasteiger partial charge in [-0.15, -0.1) is 0 Å². The van der Waals surface area contributed by atoms with Gasteiger partial charge in [0.15, 0.2) is 11.6 Å². The molecule has 1 spiro atoms. The minimum absolute atomic E-state index is 0.0276. The number of alkyl halides is 5. The van der Waals surface area contributed by atoms with Gasteiger partial charge in [0.25, 0.3) is 0 Å². The van der Waals surface area contributed by atoms with E-state index in [1.807, 2.05) is 13.8 Å². The molecule has 3 saturated carbocycles. The van der Waals surface area contributed by atoms with Crippen LogP contribution in [0.3, 0.4) is 0 Å². The standard InChI is InChI=1S/C33H41F5O5/c1-19(39)20-5-7-21(8-6-20)23-15-28(4)24(11-14-31(28,41)32(34,35)33(36,37)38)22-9-12-29(40)16-30(13-10-25(29)26(22)23)42-17-27(2,3)18-43-30/h5-8,22-24,40-41H,9-18H2,1-4H3/t22-,23+,24-,28-,29+,31-/m0/s1. The molecule has 1 heterocycles. The lowest BCUT2D eigenvalue weighted by Crippen LogP contribution is -2.65. The smallest absolute Gasteiger partial charge is 0.385 e. The van der Waals surface area contributed by atoms with Gasteiger partial charge < -0.3 is 19.7 Å². The highest BCUT2D eigenvalue weighted by molar-refractivity contribution is 5.94. The third-order valence-corrected chi connectivity index (χ3v) is 11.6. The van der Waals surface area contributed by atoms with E-state index in [9.17, 15) is 28.2 Å². The highest BCUT2D eigenvalue weighted by Crippen LogP contribution is 2.71. The van der Waals surface area contributed by atoms with Crippen LogP contribution in [0.1, 0.15) is 101 Å². The molecule has 0 amide bonds. The number of ether oxygens (including phenoxy) is 2. The highest BCUT2D eigenvalue weighted by atomic mass is 19.4. The third-order valence-electron chi connectivity index (χ3n) is 11.6. The second-order valence-corrected chi connectivity index (χ2v) is 14.9. The van der Waals surface area contributed by atoms with Crippen molar-refractivity contribution in [1.29, 1.82) is 0 Å². The molecule has 4 aliphatic carbocycles. The topological polar surface area (TPSA) is 76.0 Å². The fraction of sp³-hybridized carbons (Fsp3) is 0.727. The Bertz CT molecular complexity index is 1330. The van der Waals surface area contributed by atoms with Crippen LogP contribution in [-0.2, 0) is 9.47 Å². The summed E-state index contributed by atoms with van der Waals surface area (Å²) in [4.78, 5) is 12.0. The summed E-state index contributed by atoms with van der Waals surface area (Å²) in [5, 5.41) is 23.7. The third kappa shape index (κ3) is 4.48. The largest absolute Gasteiger partial charge is 0.456 e. The van der Waals surface area contributed by atoms with Gasteiger partial charge in [0, 0.05) is 35.2 Å². The Balaban J connectivity index is 1.46. The molecule has 1 aromatic carbocycles. The summed E-state index contributed by atoms with van der Waals surface area (Å²) in [6.45, 7) is 7.87. The lowest BCUT2D eigenvalue weighted by atomic mass is 9.49. The van der Waals surface area contributed by atoms with Crippen molar-refractivity contribution in [2.45, 2.75) is 114 Å². The van der Waals surface area contributed by atoms with Gasteiger partial charge in [0.1, 0.15) is 5.60 Å². The van der Waals surface area contributed by atoms with Gasteiger partial charge in [-0.05, 0) is 68.4 Å². The summed E-state index contributed by atoms with van der Waals surface area (Å²) < 4.78 is 84.4. The van der Waals surface area contributed by atoms with E-state index >= 15 is 8.78 Å². The zero-order valence-electron chi connectivity index (χ0n) is 25.1. The predicted octanol–water partition coefficient (Wildman–Crippen LogP) is 7.11. The summed E-state index contributed by atoms with van der Waals surface area (Å²) >= 11 is 0. The van der Waals surface area contributed by atoms with Gasteiger partial charge in [0.2, 0.25) is 0 Å². The number of halogens is 5. The van der Waals surface area contributed by atoms with Crippen LogP contribution in [0, 0.1) is 22.7 Å². The number of aliphatic hydroxyl groups is 2. The van der Waals surface area contributed by atoms with E-state index in [2.05, 4.69) is 0 Å². The average Bonchev–Trinajstić information content (AvgIpc) is 3.20. The molecular weight excluding hydrogens is 571 g/mol. The number of ketones is 1. The molecule has 4 fully saturated rings. The van der Waals surface area contributed by atoms with Gasteiger partial charge >= 0.3 is 12.1 Å². The molecule has 0 bridgehead atoms. The Morgan fingerprint density at radius 3 is 2.14 bits per heavy atom. The fourth-order valence-corrected chi connectivity index (χ4v) is 9.26. The van der Waals surface area contributed by atoms with Gasteiger partial charge in [0.05, 0.1) is 18.8 Å².